The second-order valence-corrected chi connectivity index (χ2v) is 6.69. The van der Waals surface area contributed by atoms with Gasteiger partial charge in [0.05, 0.1) is 0 Å². The van der Waals surface area contributed by atoms with E-state index < -0.39 is 17.7 Å². The second-order valence-electron chi connectivity index (χ2n) is 6.69. The molecule has 0 spiro atoms. The van der Waals surface area contributed by atoms with Crippen molar-refractivity contribution in [3.05, 3.63) is 35.9 Å². The summed E-state index contributed by atoms with van der Waals surface area (Å²) in [6, 6.07) is 8.99. The molecule has 6 heteroatoms. The van der Waals surface area contributed by atoms with Gasteiger partial charge in [-0.2, -0.15) is 0 Å². The van der Waals surface area contributed by atoms with Gasteiger partial charge in [0, 0.05) is 6.54 Å². The number of nitrogens with one attached hydrogen (secondary N) is 2. The Morgan fingerprint density at radius 2 is 1.83 bits per heavy atom. The van der Waals surface area contributed by atoms with Crippen LogP contribution in [-0.4, -0.2) is 30.2 Å². The maximum atomic E-state index is 12.4. The molecule has 0 aliphatic heterocycles. The molecule has 1 unspecified atom stereocenters. The topological polar surface area (TPSA) is 93.4 Å². The van der Waals surface area contributed by atoms with Crippen LogP contribution in [0.25, 0.3) is 0 Å². The number of alkyl carbamates (subject to hydrolysis) is 1. The quantitative estimate of drug-likeness (QED) is 0.636. The maximum absolute atomic E-state index is 12.4. The Bertz CT molecular complexity index is 512. The lowest BCUT2D eigenvalue weighted by molar-refractivity contribution is -0.123. The van der Waals surface area contributed by atoms with Gasteiger partial charge in [-0.15, -0.1) is 0 Å². The molecule has 4 N–H and O–H groups in total. The summed E-state index contributed by atoms with van der Waals surface area (Å²) < 4.78 is 5.23. The summed E-state index contributed by atoms with van der Waals surface area (Å²) in [7, 11) is 0. The molecular weight excluding hydrogens is 306 g/mol. The zero-order valence-electron chi connectivity index (χ0n) is 14.8. The predicted molar refractivity (Wildman–Crippen MR) is 94.4 cm³/mol. The van der Waals surface area contributed by atoms with Crippen LogP contribution in [-0.2, 0) is 16.1 Å². The van der Waals surface area contributed by atoms with Crippen LogP contribution in [0.1, 0.15) is 45.6 Å². The van der Waals surface area contributed by atoms with E-state index in [0.29, 0.717) is 19.5 Å². The smallest absolute Gasteiger partial charge is 0.408 e. The molecule has 2 amide bonds. The van der Waals surface area contributed by atoms with Crippen molar-refractivity contribution in [3.8, 4) is 0 Å². The van der Waals surface area contributed by atoms with Gasteiger partial charge in [0.2, 0.25) is 5.91 Å². The summed E-state index contributed by atoms with van der Waals surface area (Å²) in [5, 5.41) is 5.51. The van der Waals surface area contributed by atoms with Crippen LogP contribution in [0.5, 0.6) is 0 Å². The van der Waals surface area contributed by atoms with Gasteiger partial charge in [-0.05, 0) is 52.1 Å². The molecule has 0 aliphatic carbocycles. The van der Waals surface area contributed by atoms with Crippen molar-refractivity contribution in [2.75, 3.05) is 6.54 Å². The molecule has 1 atom stereocenters. The molecule has 0 aromatic heterocycles. The number of carbonyl (C=O) groups excluding carboxylic acids is 2. The summed E-state index contributed by atoms with van der Waals surface area (Å²) in [5.41, 5.74) is 5.90. The molecule has 0 radical (unpaired) electrons. The first-order valence-corrected chi connectivity index (χ1v) is 8.33. The van der Waals surface area contributed by atoms with Crippen LogP contribution < -0.4 is 16.4 Å². The molecule has 0 fully saturated rings. The SMILES string of the molecule is CC(C)(C)OC(=O)NC(CCCCN)C(=O)NCc1ccccc1. The summed E-state index contributed by atoms with van der Waals surface area (Å²) >= 11 is 0. The van der Waals surface area contributed by atoms with Crippen molar-refractivity contribution in [2.45, 2.75) is 58.2 Å². The summed E-state index contributed by atoms with van der Waals surface area (Å²) in [5.74, 6) is -0.221. The van der Waals surface area contributed by atoms with Crippen molar-refractivity contribution in [3.63, 3.8) is 0 Å². The molecule has 0 bridgehead atoms. The lowest BCUT2D eigenvalue weighted by Crippen LogP contribution is -2.48. The van der Waals surface area contributed by atoms with Gasteiger partial charge in [0.1, 0.15) is 11.6 Å². The van der Waals surface area contributed by atoms with Gasteiger partial charge < -0.3 is 21.1 Å². The van der Waals surface area contributed by atoms with E-state index in [0.717, 1.165) is 18.4 Å². The van der Waals surface area contributed by atoms with E-state index in [1.807, 2.05) is 30.3 Å². The van der Waals surface area contributed by atoms with E-state index in [1.165, 1.54) is 0 Å². The van der Waals surface area contributed by atoms with Crippen LogP contribution >= 0.6 is 0 Å². The third-order valence-electron chi connectivity index (χ3n) is 3.26. The fourth-order valence-corrected chi connectivity index (χ4v) is 2.12. The summed E-state index contributed by atoms with van der Waals surface area (Å²) in [6.45, 7) is 6.33. The molecule has 134 valence electrons. The third-order valence-corrected chi connectivity index (χ3v) is 3.26. The molecule has 1 aromatic rings. The van der Waals surface area contributed by atoms with Gasteiger partial charge in [-0.3, -0.25) is 4.79 Å². The Morgan fingerprint density at radius 1 is 1.17 bits per heavy atom. The Balaban J connectivity index is 2.58. The minimum Gasteiger partial charge on any atom is -0.444 e. The lowest BCUT2D eigenvalue weighted by Gasteiger charge is -2.23. The maximum Gasteiger partial charge on any atom is 0.408 e. The number of hydrogen-bond donors (Lipinski definition) is 3. The van der Waals surface area contributed by atoms with Crippen molar-refractivity contribution in [1.82, 2.24) is 10.6 Å². The zero-order chi connectivity index (χ0) is 18.0. The fraction of sp³-hybridized carbons (Fsp3) is 0.556. The van der Waals surface area contributed by atoms with Gasteiger partial charge in [-0.1, -0.05) is 30.3 Å². The Morgan fingerprint density at radius 3 is 2.42 bits per heavy atom. The second kappa shape index (κ2) is 9.93. The Labute approximate surface area is 144 Å². The van der Waals surface area contributed by atoms with Crippen LogP contribution in [0.15, 0.2) is 30.3 Å². The average Bonchev–Trinajstić information content (AvgIpc) is 2.51. The van der Waals surface area contributed by atoms with Crippen molar-refractivity contribution in [1.29, 1.82) is 0 Å². The van der Waals surface area contributed by atoms with Crippen LogP contribution in [0.3, 0.4) is 0 Å². The molecule has 0 heterocycles. The first-order valence-electron chi connectivity index (χ1n) is 8.33. The molecular formula is C18H29N3O3. The van der Waals surface area contributed by atoms with E-state index in [4.69, 9.17) is 10.5 Å². The largest absolute Gasteiger partial charge is 0.444 e. The number of benzene rings is 1. The Hall–Kier alpha value is -2.08. The minimum atomic E-state index is -0.630. The predicted octanol–water partition coefficient (Wildman–Crippen LogP) is 2.33. The van der Waals surface area contributed by atoms with Gasteiger partial charge >= 0.3 is 6.09 Å². The molecule has 0 aliphatic rings. The van der Waals surface area contributed by atoms with Gasteiger partial charge in [0.15, 0.2) is 0 Å². The average molecular weight is 335 g/mol. The zero-order valence-corrected chi connectivity index (χ0v) is 14.8. The van der Waals surface area contributed by atoms with Crippen molar-refractivity contribution >= 4 is 12.0 Å². The van der Waals surface area contributed by atoms with Gasteiger partial charge in [0.25, 0.3) is 0 Å². The standard InChI is InChI=1S/C18H29N3O3/c1-18(2,3)24-17(23)21-15(11-7-8-12-19)16(22)20-13-14-9-5-4-6-10-14/h4-6,9-10,15H,7-8,11-13,19H2,1-3H3,(H,20,22)(H,21,23). The Kier molecular flexibility index (Phi) is 8.26. The first kappa shape index (κ1) is 20.0. The number of nitrogens with two attached hydrogens (primary N) is 1. The van der Waals surface area contributed by atoms with Crippen molar-refractivity contribution in [2.24, 2.45) is 5.73 Å². The number of amides is 2. The number of ether oxygens (including phenoxy) is 1. The highest BCUT2D eigenvalue weighted by Gasteiger charge is 2.23. The van der Waals surface area contributed by atoms with E-state index >= 15 is 0 Å². The number of unbranched alkanes of at least 4 members (excludes halogenated alkanes) is 1. The minimum absolute atomic E-state index is 0.221. The molecule has 1 aromatic carbocycles. The third kappa shape index (κ3) is 8.53. The van der Waals surface area contributed by atoms with Gasteiger partial charge in [-0.25, -0.2) is 4.79 Å². The summed E-state index contributed by atoms with van der Waals surface area (Å²) in [4.78, 5) is 24.3. The number of rotatable bonds is 8. The van der Waals surface area contributed by atoms with Crippen LogP contribution in [0.4, 0.5) is 4.79 Å². The highest BCUT2D eigenvalue weighted by atomic mass is 16.6. The van der Waals surface area contributed by atoms with Crippen LogP contribution in [0.2, 0.25) is 0 Å². The van der Waals surface area contributed by atoms with E-state index in [-0.39, 0.29) is 5.91 Å². The fourth-order valence-electron chi connectivity index (χ4n) is 2.12. The lowest BCUT2D eigenvalue weighted by atomic mass is 10.1. The molecule has 0 saturated carbocycles. The first-order chi connectivity index (χ1) is 11.3. The van der Waals surface area contributed by atoms with E-state index in [2.05, 4.69) is 10.6 Å². The molecule has 0 saturated heterocycles. The summed E-state index contributed by atoms with van der Waals surface area (Å²) in [6.07, 6.45) is 1.50. The van der Waals surface area contributed by atoms with Crippen LogP contribution in [0, 0.1) is 0 Å². The molecule has 1 rings (SSSR count). The highest BCUT2D eigenvalue weighted by Crippen LogP contribution is 2.08. The van der Waals surface area contributed by atoms with Crippen molar-refractivity contribution < 1.29 is 14.3 Å². The number of carbonyl (C=O) groups is 2. The normalized spacial score (nSPS) is 12.3. The molecule has 6 nitrogen and oxygen atoms in total. The molecule has 24 heavy (non-hydrogen) atoms. The monoisotopic (exact) mass is 335 g/mol. The highest BCUT2D eigenvalue weighted by molar-refractivity contribution is 5.85. The number of hydrogen-bond acceptors (Lipinski definition) is 4. The van der Waals surface area contributed by atoms with E-state index in [9.17, 15) is 9.59 Å². The van der Waals surface area contributed by atoms with E-state index in [1.54, 1.807) is 20.8 Å².